The number of halogens is 1. The number of fused-ring (bicyclic) bond motifs is 1. The summed E-state index contributed by atoms with van der Waals surface area (Å²) in [4.78, 5) is 37.1. The molecule has 2 aliphatic rings. The van der Waals surface area contributed by atoms with Gasteiger partial charge in [0.1, 0.15) is 38.6 Å². The number of esters is 1. The molecule has 1 amide bonds. The molecular formula is C31H41BrN6O6. The zero-order chi connectivity index (χ0) is 31.6. The average Bonchev–Trinajstić information content (AvgIpc) is 3.73. The number of piperidine rings is 1. The van der Waals surface area contributed by atoms with Gasteiger partial charge in [-0.15, -0.1) is 0 Å². The Balaban J connectivity index is 1.37. The number of hydrogen-bond donors (Lipinski definition) is 2. The first-order valence-electron chi connectivity index (χ1n) is 14.8. The van der Waals surface area contributed by atoms with Crippen molar-refractivity contribution >= 4 is 39.3 Å². The van der Waals surface area contributed by atoms with Crippen molar-refractivity contribution in [3.05, 3.63) is 46.6 Å². The Hall–Kier alpha value is -3.58. The summed E-state index contributed by atoms with van der Waals surface area (Å²) in [5, 5.41) is 6.82. The van der Waals surface area contributed by atoms with Gasteiger partial charge in [-0.25, -0.2) is 14.8 Å². The number of rotatable bonds is 10. The van der Waals surface area contributed by atoms with Crippen molar-refractivity contribution in [2.75, 3.05) is 39.7 Å². The van der Waals surface area contributed by atoms with Crippen LogP contribution in [0.15, 0.2) is 35.2 Å². The molecule has 2 fully saturated rings. The summed E-state index contributed by atoms with van der Waals surface area (Å²) in [6.45, 7) is 6.95. The van der Waals surface area contributed by atoms with Crippen LogP contribution in [0.4, 0.5) is 10.6 Å². The maximum atomic E-state index is 13.5. The van der Waals surface area contributed by atoms with E-state index in [1.54, 1.807) is 25.3 Å². The van der Waals surface area contributed by atoms with Crippen molar-refractivity contribution in [1.29, 1.82) is 0 Å². The molecule has 1 saturated carbocycles. The second kappa shape index (κ2) is 12.8. The Bertz CT molecular complexity index is 1520. The first-order valence-corrected chi connectivity index (χ1v) is 15.6. The Morgan fingerprint density at radius 3 is 2.57 bits per heavy atom. The SMILES string of the molecule is COC(=O)C1(NCC2CCC(c3nc(Br)c4c(NCc5ccc(OC)cc5OC)nccn34)CN2C(=O)OC(C)(C)C)CC1. The Labute approximate surface area is 265 Å². The number of anilines is 1. The molecule has 2 unspecified atom stereocenters. The fourth-order valence-electron chi connectivity index (χ4n) is 5.69. The Morgan fingerprint density at radius 1 is 1.14 bits per heavy atom. The highest BCUT2D eigenvalue weighted by atomic mass is 79.9. The first kappa shape index (κ1) is 31.8. The van der Waals surface area contributed by atoms with Crippen LogP contribution < -0.4 is 20.1 Å². The molecule has 0 radical (unpaired) electrons. The van der Waals surface area contributed by atoms with Crippen LogP contribution in [-0.2, 0) is 20.8 Å². The Morgan fingerprint density at radius 2 is 1.91 bits per heavy atom. The van der Waals surface area contributed by atoms with Crippen molar-refractivity contribution < 1.29 is 28.5 Å². The van der Waals surface area contributed by atoms with Crippen molar-refractivity contribution in [1.82, 2.24) is 24.6 Å². The molecule has 1 aliphatic carbocycles. The van der Waals surface area contributed by atoms with E-state index in [0.717, 1.165) is 41.9 Å². The largest absolute Gasteiger partial charge is 0.497 e. The van der Waals surface area contributed by atoms with E-state index in [1.807, 2.05) is 49.6 Å². The van der Waals surface area contributed by atoms with Gasteiger partial charge in [-0.2, -0.15) is 0 Å². The van der Waals surface area contributed by atoms with Gasteiger partial charge in [-0.3, -0.25) is 14.5 Å². The second-order valence-electron chi connectivity index (χ2n) is 12.3. The van der Waals surface area contributed by atoms with Gasteiger partial charge in [-0.05, 0) is 74.5 Å². The number of benzene rings is 1. The molecule has 238 valence electrons. The molecule has 3 heterocycles. The average molecular weight is 674 g/mol. The highest BCUT2D eigenvalue weighted by Crippen LogP contribution is 2.38. The number of ether oxygens (including phenoxy) is 4. The van der Waals surface area contributed by atoms with Crippen LogP contribution in [0.25, 0.3) is 5.52 Å². The van der Waals surface area contributed by atoms with Crippen LogP contribution in [0.2, 0.25) is 0 Å². The minimum absolute atomic E-state index is 0.0509. The summed E-state index contributed by atoms with van der Waals surface area (Å²) < 4.78 is 24.4. The number of carbonyl (C=O) groups excluding carboxylic acids is 2. The van der Waals surface area contributed by atoms with E-state index >= 15 is 0 Å². The Kier molecular flexibility index (Phi) is 9.26. The topological polar surface area (TPSA) is 129 Å². The lowest BCUT2D eigenvalue weighted by Crippen LogP contribution is -2.54. The number of aromatic nitrogens is 3. The van der Waals surface area contributed by atoms with Gasteiger partial charge in [0, 0.05) is 55.6 Å². The van der Waals surface area contributed by atoms with Crippen LogP contribution in [0.1, 0.15) is 63.8 Å². The van der Waals surface area contributed by atoms with Crippen LogP contribution in [-0.4, -0.2) is 82.9 Å². The van der Waals surface area contributed by atoms with Crippen LogP contribution in [0.5, 0.6) is 11.5 Å². The highest BCUT2D eigenvalue weighted by molar-refractivity contribution is 9.10. The number of likely N-dealkylation sites (tertiary alicyclic amines) is 1. The molecular weight excluding hydrogens is 632 g/mol. The number of nitrogens with one attached hydrogen (secondary N) is 2. The van der Waals surface area contributed by atoms with E-state index in [4.69, 9.17) is 23.9 Å². The molecule has 0 spiro atoms. The van der Waals surface area contributed by atoms with Gasteiger partial charge in [0.2, 0.25) is 0 Å². The summed E-state index contributed by atoms with van der Waals surface area (Å²) in [5.74, 6) is 2.61. The standard InChI is InChI=1S/C31H41BrN6O6/c1-30(2,3)44-29(40)38-18-20(7-9-21(38)17-35-31(11-12-31)28(39)43-6)27-36-25(32)24-26(33-13-14-37(24)27)34-16-19-8-10-22(41-4)15-23(19)42-5/h8,10,13-15,20-21,35H,7,9,11-12,16-18H2,1-6H3,(H,33,34). The van der Waals surface area contributed by atoms with Gasteiger partial charge in [-0.1, -0.05) is 0 Å². The third-order valence-corrected chi connectivity index (χ3v) is 8.73. The number of amides is 1. The van der Waals surface area contributed by atoms with E-state index in [2.05, 4.69) is 31.5 Å². The lowest BCUT2D eigenvalue weighted by molar-refractivity contribution is -0.144. The molecule has 5 rings (SSSR count). The second-order valence-corrected chi connectivity index (χ2v) is 13.1. The fraction of sp³-hybridized carbons (Fsp3) is 0.548. The summed E-state index contributed by atoms with van der Waals surface area (Å²) >= 11 is 3.67. The number of hydrogen-bond acceptors (Lipinski definition) is 10. The molecule has 1 aliphatic heterocycles. The third-order valence-electron chi connectivity index (χ3n) is 8.18. The first-order chi connectivity index (χ1) is 21.0. The number of nitrogens with zero attached hydrogens (tertiary/aromatic N) is 4. The molecule has 2 atom stereocenters. The summed E-state index contributed by atoms with van der Waals surface area (Å²) in [7, 11) is 4.66. The van der Waals surface area contributed by atoms with Gasteiger partial charge in [0.05, 0.1) is 21.3 Å². The van der Waals surface area contributed by atoms with E-state index in [9.17, 15) is 9.59 Å². The van der Waals surface area contributed by atoms with Gasteiger partial charge >= 0.3 is 12.1 Å². The number of carbonyl (C=O) groups is 2. The normalized spacial score (nSPS) is 19.4. The van der Waals surface area contributed by atoms with Crippen molar-refractivity contribution in [3.8, 4) is 11.5 Å². The lowest BCUT2D eigenvalue weighted by atomic mass is 9.92. The van der Waals surface area contributed by atoms with Crippen molar-refractivity contribution in [3.63, 3.8) is 0 Å². The summed E-state index contributed by atoms with van der Waals surface area (Å²) in [6.07, 6.45) is 6.22. The van der Waals surface area contributed by atoms with E-state index in [-0.39, 0.29) is 24.0 Å². The van der Waals surface area contributed by atoms with Crippen LogP contribution in [0, 0.1) is 0 Å². The fourth-order valence-corrected chi connectivity index (χ4v) is 6.26. The monoisotopic (exact) mass is 672 g/mol. The molecule has 13 heteroatoms. The van der Waals surface area contributed by atoms with Crippen LogP contribution >= 0.6 is 15.9 Å². The van der Waals surface area contributed by atoms with E-state index in [0.29, 0.717) is 42.2 Å². The summed E-state index contributed by atoms with van der Waals surface area (Å²) in [5.41, 5.74) is 0.458. The predicted octanol–water partition coefficient (Wildman–Crippen LogP) is 4.90. The number of imidazole rings is 1. The zero-order valence-electron chi connectivity index (χ0n) is 26.1. The minimum Gasteiger partial charge on any atom is -0.497 e. The molecule has 2 aromatic heterocycles. The van der Waals surface area contributed by atoms with E-state index < -0.39 is 11.1 Å². The maximum absolute atomic E-state index is 13.5. The maximum Gasteiger partial charge on any atom is 0.410 e. The molecule has 1 saturated heterocycles. The molecule has 3 aromatic rings. The number of methoxy groups -OCH3 is 3. The molecule has 44 heavy (non-hydrogen) atoms. The highest BCUT2D eigenvalue weighted by Gasteiger charge is 2.51. The molecule has 2 N–H and O–H groups in total. The molecule has 12 nitrogen and oxygen atoms in total. The van der Waals surface area contributed by atoms with Crippen LogP contribution in [0.3, 0.4) is 0 Å². The van der Waals surface area contributed by atoms with Gasteiger partial charge in [0.25, 0.3) is 0 Å². The quantitative estimate of drug-likeness (QED) is 0.287. The van der Waals surface area contributed by atoms with Gasteiger partial charge < -0.3 is 29.2 Å². The summed E-state index contributed by atoms with van der Waals surface area (Å²) in [6, 6.07) is 5.55. The smallest absolute Gasteiger partial charge is 0.410 e. The van der Waals surface area contributed by atoms with Gasteiger partial charge in [0.15, 0.2) is 5.82 Å². The zero-order valence-corrected chi connectivity index (χ0v) is 27.7. The molecule has 1 aromatic carbocycles. The van der Waals surface area contributed by atoms with Crippen molar-refractivity contribution in [2.24, 2.45) is 0 Å². The predicted molar refractivity (Wildman–Crippen MR) is 168 cm³/mol. The van der Waals surface area contributed by atoms with Crippen molar-refractivity contribution in [2.45, 2.75) is 76.1 Å². The lowest BCUT2D eigenvalue weighted by Gasteiger charge is -2.40. The van der Waals surface area contributed by atoms with E-state index in [1.165, 1.54) is 7.11 Å². The minimum atomic E-state index is -0.651. The third kappa shape index (κ3) is 6.73. The molecule has 0 bridgehead atoms.